The van der Waals surface area contributed by atoms with E-state index in [-0.39, 0.29) is 18.1 Å². The van der Waals surface area contributed by atoms with Gasteiger partial charge < -0.3 is 20.8 Å². The van der Waals surface area contributed by atoms with E-state index < -0.39 is 11.1 Å². The first-order chi connectivity index (χ1) is 12.2. The lowest BCUT2D eigenvalue weighted by Crippen LogP contribution is -2.46. The number of aryl methyl sites for hydroxylation is 1. The van der Waals surface area contributed by atoms with Crippen molar-refractivity contribution in [2.45, 2.75) is 26.3 Å². The van der Waals surface area contributed by atoms with E-state index in [9.17, 15) is 9.59 Å². The highest BCUT2D eigenvalue weighted by Crippen LogP contribution is 2.24. The topological polar surface area (TPSA) is 121 Å². The van der Waals surface area contributed by atoms with Crippen LogP contribution >= 0.6 is 0 Å². The summed E-state index contributed by atoms with van der Waals surface area (Å²) < 4.78 is 5.46. The molecule has 0 fully saturated rings. The van der Waals surface area contributed by atoms with Crippen LogP contribution < -0.4 is 21.3 Å². The third-order valence-corrected chi connectivity index (χ3v) is 3.64. The lowest BCUT2D eigenvalue weighted by atomic mass is 10.0. The number of nitrogens with two attached hydrogens (primary N) is 1. The summed E-state index contributed by atoms with van der Waals surface area (Å²) in [5.74, 6) is 0.293. The number of aromatic amines is 1. The molecule has 0 aliphatic rings. The van der Waals surface area contributed by atoms with Gasteiger partial charge in [0, 0.05) is 23.3 Å². The first-order valence-electron chi connectivity index (χ1n) is 8.12. The van der Waals surface area contributed by atoms with E-state index in [1.165, 1.54) is 0 Å². The zero-order valence-corrected chi connectivity index (χ0v) is 15.1. The fourth-order valence-corrected chi connectivity index (χ4v) is 2.26. The first kappa shape index (κ1) is 19.2. The van der Waals surface area contributed by atoms with Gasteiger partial charge in [-0.2, -0.15) is 5.26 Å². The highest BCUT2D eigenvalue weighted by atomic mass is 16.5. The van der Waals surface area contributed by atoms with Crippen molar-refractivity contribution in [2.24, 2.45) is 5.73 Å². The summed E-state index contributed by atoms with van der Waals surface area (Å²) in [6, 6.07) is 10.5. The molecule has 1 amide bonds. The van der Waals surface area contributed by atoms with Gasteiger partial charge in [-0.25, -0.2) is 0 Å². The number of amides is 1. The van der Waals surface area contributed by atoms with Gasteiger partial charge in [0.1, 0.15) is 17.4 Å². The summed E-state index contributed by atoms with van der Waals surface area (Å²) in [6.07, 6.45) is 0. The SMILES string of the molecule is Cc1[nH]c(=O)c(C#N)cc1-c1ccc(OCC(=O)NCC(C)(C)N)cc1. The molecular weight excluding hydrogens is 332 g/mol. The van der Waals surface area contributed by atoms with Gasteiger partial charge >= 0.3 is 0 Å². The van der Waals surface area contributed by atoms with Crippen molar-refractivity contribution in [1.82, 2.24) is 10.3 Å². The predicted molar refractivity (Wildman–Crippen MR) is 98.7 cm³/mol. The lowest BCUT2D eigenvalue weighted by Gasteiger charge is -2.18. The smallest absolute Gasteiger partial charge is 0.266 e. The number of nitrogens with zero attached hydrogens (tertiary/aromatic N) is 1. The molecule has 0 aliphatic carbocycles. The highest BCUT2D eigenvalue weighted by molar-refractivity contribution is 5.77. The van der Waals surface area contributed by atoms with Crippen LogP contribution in [0.3, 0.4) is 0 Å². The number of nitriles is 1. The van der Waals surface area contributed by atoms with Crippen LogP contribution in [0.1, 0.15) is 25.1 Å². The molecule has 2 aromatic rings. The van der Waals surface area contributed by atoms with Gasteiger partial charge in [0.05, 0.1) is 0 Å². The monoisotopic (exact) mass is 354 g/mol. The molecule has 0 radical (unpaired) electrons. The van der Waals surface area contributed by atoms with E-state index in [1.807, 2.05) is 19.9 Å². The van der Waals surface area contributed by atoms with Crippen LogP contribution in [-0.2, 0) is 4.79 Å². The van der Waals surface area contributed by atoms with E-state index in [4.69, 9.17) is 15.7 Å². The second-order valence-electron chi connectivity index (χ2n) is 6.74. The van der Waals surface area contributed by atoms with Gasteiger partial charge in [-0.15, -0.1) is 0 Å². The molecule has 26 heavy (non-hydrogen) atoms. The molecule has 0 bridgehead atoms. The minimum atomic E-state index is -0.478. The number of rotatable bonds is 6. The molecule has 7 nitrogen and oxygen atoms in total. The molecule has 0 saturated carbocycles. The summed E-state index contributed by atoms with van der Waals surface area (Å²) in [4.78, 5) is 26.0. The largest absolute Gasteiger partial charge is 0.484 e. The first-order valence-corrected chi connectivity index (χ1v) is 8.12. The Morgan fingerprint density at radius 2 is 2.00 bits per heavy atom. The van der Waals surface area contributed by atoms with Crippen molar-refractivity contribution in [3.8, 4) is 22.9 Å². The molecule has 4 N–H and O–H groups in total. The Bertz CT molecular complexity index is 887. The van der Waals surface area contributed by atoms with Crippen molar-refractivity contribution in [3.05, 3.63) is 51.9 Å². The Hall–Kier alpha value is -3.11. The Labute approximate surface area is 151 Å². The summed E-state index contributed by atoms with van der Waals surface area (Å²) in [7, 11) is 0. The van der Waals surface area contributed by atoms with Crippen LogP contribution in [0.5, 0.6) is 5.75 Å². The summed E-state index contributed by atoms with van der Waals surface area (Å²) in [5.41, 5.74) is 7.25. The predicted octanol–water partition coefficient (Wildman–Crippen LogP) is 1.45. The molecular formula is C19H22N4O3. The molecule has 0 unspecified atom stereocenters. The zero-order chi connectivity index (χ0) is 19.3. The van der Waals surface area contributed by atoms with E-state index >= 15 is 0 Å². The number of H-pyrrole nitrogens is 1. The van der Waals surface area contributed by atoms with Gasteiger partial charge in [-0.3, -0.25) is 9.59 Å². The van der Waals surface area contributed by atoms with Crippen molar-refractivity contribution in [1.29, 1.82) is 5.26 Å². The number of ether oxygens (including phenoxy) is 1. The molecule has 1 heterocycles. The van der Waals surface area contributed by atoms with Gasteiger partial charge in [-0.1, -0.05) is 12.1 Å². The van der Waals surface area contributed by atoms with Crippen LogP contribution in [0.2, 0.25) is 0 Å². The molecule has 0 saturated heterocycles. The Morgan fingerprint density at radius 1 is 1.35 bits per heavy atom. The van der Waals surface area contributed by atoms with Crippen LogP contribution in [-0.4, -0.2) is 29.6 Å². The van der Waals surface area contributed by atoms with E-state index in [0.717, 1.165) is 11.1 Å². The number of hydrogen-bond acceptors (Lipinski definition) is 5. The van der Waals surface area contributed by atoms with Crippen molar-refractivity contribution in [3.63, 3.8) is 0 Å². The molecule has 1 aromatic heterocycles. The molecule has 0 aliphatic heterocycles. The maximum absolute atomic E-state index is 11.7. The van der Waals surface area contributed by atoms with Crippen molar-refractivity contribution < 1.29 is 9.53 Å². The third-order valence-electron chi connectivity index (χ3n) is 3.64. The van der Waals surface area contributed by atoms with E-state index in [1.54, 1.807) is 37.3 Å². The van der Waals surface area contributed by atoms with E-state index in [0.29, 0.717) is 18.0 Å². The molecule has 7 heteroatoms. The lowest BCUT2D eigenvalue weighted by molar-refractivity contribution is -0.123. The quantitative estimate of drug-likeness (QED) is 0.725. The average molecular weight is 354 g/mol. The minimum Gasteiger partial charge on any atom is -0.484 e. The van der Waals surface area contributed by atoms with Crippen molar-refractivity contribution >= 4 is 5.91 Å². The average Bonchev–Trinajstić information content (AvgIpc) is 2.58. The number of hydrogen-bond donors (Lipinski definition) is 3. The zero-order valence-electron chi connectivity index (χ0n) is 15.1. The van der Waals surface area contributed by atoms with Crippen LogP contribution in [0.15, 0.2) is 35.1 Å². The second-order valence-corrected chi connectivity index (χ2v) is 6.74. The highest BCUT2D eigenvalue weighted by Gasteiger charge is 2.12. The number of nitrogens with one attached hydrogen (secondary N) is 2. The fourth-order valence-electron chi connectivity index (χ4n) is 2.26. The summed E-state index contributed by atoms with van der Waals surface area (Å²) >= 11 is 0. The maximum atomic E-state index is 11.7. The van der Waals surface area contributed by atoms with Gasteiger partial charge in [0.2, 0.25) is 0 Å². The Balaban J connectivity index is 2.04. The normalized spacial score (nSPS) is 10.9. The van der Waals surface area contributed by atoms with E-state index in [2.05, 4.69) is 10.3 Å². The number of pyridine rings is 1. The fraction of sp³-hybridized carbons (Fsp3) is 0.316. The van der Waals surface area contributed by atoms with Crippen LogP contribution in [0, 0.1) is 18.3 Å². The van der Waals surface area contributed by atoms with Crippen molar-refractivity contribution in [2.75, 3.05) is 13.2 Å². The van der Waals surface area contributed by atoms with Gasteiger partial charge in [0.25, 0.3) is 11.5 Å². The number of benzene rings is 1. The summed E-state index contributed by atoms with van der Waals surface area (Å²) in [5, 5.41) is 11.7. The molecule has 2 rings (SSSR count). The molecule has 0 spiro atoms. The standard InChI is InChI=1S/C19H22N4O3/c1-12-16(8-14(9-20)18(25)23-12)13-4-6-15(7-5-13)26-10-17(24)22-11-19(2,3)21/h4-8H,10-11,21H2,1-3H3,(H,22,24)(H,23,25). The maximum Gasteiger partial charge on any atom is 0.266 e. The second kappa shape index (κ2) is 7.85. The van der Waals surface area contributed by atoms with Crippen LogP contribution in [0.4, 0.5) is 0 Å². The third kappa shape index (κ3) is 5.19. The van der Waals surface area contributed by atoms with Gasteiger partial charge in [-0.05, 0) is 44.5 Å². The number of aromatic nitrogens is 1. The molecule has 136 valence electrons. The molecule has 0 atom stereocenters. The minimum absolute atomic E-state index is 0.0606. The Kier molecular flexibility index (Phi) is 5.80. The number of carbonyl (C=O) groups is 1. The summed E-state index contributed by atoms with van der Waals surface area (Å²) in [6.45, 7) is 5.67. The van der Waals surface area contributed by atoms with Crippen LogP contribution in [0.25, 0.3) is 11.1 Å². The van der Waals surface area contributed by atoms with Gasteiger partial charge in [0.15, 0.2) is 6.61 Å². The number of carbonyl (C=O) groups excluding carboxylic acids is 1. The Morgan fingerprint density at radius 3 is 2.58 bits per heavy atom. The molecule has 1 aromatic carbocycles.